The van der Waals surface area contributed by atoms with Crippen LogP contribution in [0.15, 0.2) is 0 Å². The third-order valence-electron chi connectivity index (χ3n) is 4.44. The second kappa shape index (κ2) is 8.67. The maximum Gasteiger partial charge on any atom is 0.317 e. The first-order chi connectivity index (χ1) is 11.3. The van der Waals surface area contributed by atoms with Crippen molar-refractivity contribution < 1.29 is 14.3 Å². The maximum atomic E-state index is 12.3. The minimum atomic E-state index is -0.0228. The van der Waals surface area contributed by atoms with Gasteiger partial charge in [-0.3, -0.25) is 9.69 Å². The first kappa shape index (κ1) is 19.0. The average Bonchev–Trinajstić information content (AvgIpc) is 2.58. The molecule has 0 saturated carbocycles. The number of nitrogens with zero attached hydrogens (tertiary/aromatic N) is 3. The molecule has 2 rings (SSSR count). The number of hydrogen-bond acceptors (Lipinski definition) is 4. The van der Waals surface area contributed by atoms with Crippen LogP contribution in [-0.2, 0) is 9.53 Å². The summed E-state index contributed by atoms with van der Waals surface area (Å²) in [5.74, 6) is 0.191. The highest BCUT2D eigenvalue weighted by atomic mass is 16.5. The number of piperazine rings is 1. The molecule has 2 aliphatic rings. The summed E-state index contributed by atoms with van der Waals surface area (Å²) < 4.78 is 5.32. The highest BCUT2D eigenvalue weighted by Crippen LogP contribution is 2.11. The van der Waals surface area contributed by atoms with E-state index in [0.29, 0.717) is 39.1 Å². The van der Waals surface area contributed by atoms with Crippen molar-refractivity contribution in [1.29, 1.82) is 0 Å². The van der Waals surface area contributed by atoms with Gasteiger partial charge in [-0.25, -0.2) is 4.79 Å². The Hall–Kier alpha value is -1.34. The fraction of sp³-hybridized carbons (Fsp3) is 0.882. The molecular weight excluding hydrogens is 308 g/mol. The summed E-state index contributed by atoms with van der Waals surface area (Å²) in [6, 6.07) is -0.0228. The van der Waals surface area contributed by atoms with Crippen LogP contribution >= 0.6 is 0 Å². The zero-order valence-corrected chi connectivity index (χ0v) is 15.3. The Bertz CT molecular complexity index is 422. The topological polar surface area (TPSA) is 65.1 Å². The van der Waals surface area contributed by atoms with E-state index in [4.69, 9.17) is 4.74 Å². The predicted molar refractivity (Wildman–Crippen MR) is 92.9 cm³/mol. The van der Waals surface area contributed by atoms with Crippen molar-refractivity contribution in [3.63, 3.8) is 0 Å². The Morgan fingerprint density at radius 2 is 1.54 bits per heavy atom. The van der Waals surface area contributed by atoms with Crippen molar-refractivity contribution in [2.24, 2.45) is 5.41 Å². The summed E-state index contributed by atoms with van der Waals surface area (Å²) >= 11 is 0. The average molecular weight is 340 g/mol. The van der Waals surface area contributed by atoms with Crippen molar-refractivity contribution in [2.45, 2.75) is 27.2 Å². The molecule has 2 heterocycles. The largest absolute Gasteiger partial charge is 0.379 e. The standard InChI is InChI=1S/C17H32N4O3/c1-17(2,3)14-18-16(23)21-8-6-20(7-9-21)15(22)4-5-19-10-12-24-13-11-19/h4-14H2,1-3H3,(H,18,23). The predicted octanol–water partition coefficient (Wildman–Crippen LogP) is 0.609. The maximum absolute atomic E-state index is 12.3. The molecule has 0 atom stereocenters. The smallest absolute Gasteiger partial charge is 0.317 e. The molecule has 0 bridgehead atoms. The second-order valence-electron chi connectivity index (χ2n) is 7.79. The summed E-state index contributed by atoms with van der Waals surface area (Å²) in [4.78, 5) is 30.4. The van der Waals surface area contributed by atoms with Crippen LogP contribution in [0.1, 0.15) is 27.2 Å². The molecule has 2 aliphatic heterocycles. The van der Waals surface area contributed by atoms with Gasteiger partial charge in [0.05, 0.1) is 13.2 Å². The number of morpholine rings is 1. The molecule has 0 aliphatic carbocycles. The molecule has 24 heavy (non-hydrogen) atoms. The molecule has 3 amide bonds. The minimum Gasteiger partial charge on any atom is -0.379 e. The van der Waals surface area contributed by atoms with Gasteiger partial charge in [0.1, 0.15) is 0 Å². The second-order valence-corrected chi connectivity index (χ2v) is 7.79. The van der Waals surface area contributed by atoms with Gasteiger partial charge >= 0.3 is 6.03 Å². The normalized spacial score (nSPS) is 20.1. The molecule has 138 valence electrons. The van der Waals surface area contributed by atoms with Gasteiger partial charge in [-0.2, -0.15) is 0 Å². The van der Waals surface area contributed by atoms with Crippen LogP contribution in [0.5, 0.6) is 0 Å². The number of hydrogen-bond donors (Lipinski definition) is 1. The van der Waals surface area contributed by atoms with E-state index in [-0.39, 0.29) is 17.4 Å². The molecule has 0 spiro atoms. The van der Waals surface area contributed by atoms with E-state index in [2.05, 4.69) is 31.0 Å². The van der Waals surface area contributed by atoms with Gasteiger partial charge in [-0.05, 0) is 5.41 Å². The van der Waals surface area contributed by atoms with Gasteiger partial charge in [-0.15, -0.1) is 0 Å². The lowest BCUT2D eigenvalue weighted by Gasteiger charge is -2.36. The molecule has 0 unspecified atom stereocenters. The fourth-order valence-electron chi connectivity index (χ4n) is 2.85. The van der Waals surface area contributed by atoms with Crippen molar-refractivity contribution in [1.82, 2.24) is 20.0 Å². The molecular formula is C17H32N4O3. The van der Waals surface area contributed by atoms with E-state index >= 15 is 0 Å². The van der Waals surface area contributed by atoms with E-state index in [0.717, 1.165) is 32.8 Å². The number of rotatable bonds is 4. The number of ether oxygens (including phenoxy) is 1. The molecule has 7 heteroatoms. The Labute approximate surface area is 145 Å². The summed E-state index contributed by atoms with van der Waals surface area (Å²) in [6.07, 6.45) is 0.552. The number of carbonyl (C=O) groups is 2. The highest BCUT2D eigenvalue weighted by molar-refractivity contribution is 5.77. The summed E-state index contributed by atoms with van der Waals surface area (Å²) in [5, 5.41) is 2.97. The first-order valence-corrected chi connectivity index (χ1v) is 8.96. The first-order valence-electron chi connectivity index (χ1n) is 8.96. The van der Waals surface area contributed by atoms with Crippen molar-refractivity contribution in [2.75, 3.05) is 65.6 Å². The van der Waals surface area contributed by atoms with Gasteiger partial charge in [0.15, 0.2) is 0 Å². The summed E-state index contributed by atoms with van der Waals surface area (Å²) in [5.41, 5.74) is 0.0763. The lowest BCUT2D eigenvalue weighted by molar-refractivity contribution is -0.133. The highest BCUT2D eigenvalue weighted by Gasteiger charge is 2.25. The van der Waals surface area contributed by atoms with Gasteiger partial charge in [0, 0.05) is 58.8 Å². The van der Waals surface area contributed by atoms with Crippen molar-refractivity contribution in [3.05, 3.63) is 0 Å². The number of amides is 3. The van der Waals surface area contributed by atoms with Crippen molar-refractivity contribution in [3.8, 4) is 0 Å². The summed E-state index contributed by atoms with van der Waals surface area (Å²) in [6.45, 7) is 13.6. The van der Waals surface area contributed by atoms with Crippen molar-refractivity contribution >= 4 is 11.9 Å². The van der Waals surface area contributed by atoms with E-state index in [9.17, 15) is 9.59 Å². The Balaban J connectivity index is 1.66. The van der Waals surface area contributed by atoms with Crippen LogP contribution in [0.3, 0.4) is 0 Å². The van der Waals surface area contributed by atoms with E-state index in [1.165, 1.54) is 0 Å². The van der Waals surface area contributed by atoms with Gasteiger partial charge in [0.2, 0.25) is 5.91 Å². The van der Waals surface area contributed by atoms with E-state index < -0.39 is 0 Å². The quantitative estimate of drug-likeness (QED) is 0.814. The van der Waals surface area contributed by atoms with Crippen LogP contribution in [0, 0.1) is 5.41 Å². The molecule has 2 saturated heterocycles. The lowest BCUT2D eigenvalue weighted by atomic mass is 9.97. The van der Waals surface area contributed by atoms with Gasteiger partial charge in [0.25, 0.3) is 0 Å². The van der Waals surface area contributed by atoms with Crippen LogP contribution in [-0.4, -0.2) is 92.2 Å². The summed E-state index contributed by atoms with van der Waals surface area (Å²) in [7, 11) is 0. The van der Waals surface area contributed by atoms with Gasteiger partial charge in [-0.1, -0.05) is 20.8 Å². The molecule has 2 fully saturated rings. The zero-order valence-electron chi connectivity index (χ0n) is 15.3. The van der Waals surface area contributed by atoms with Crippen LogP contribution in [0.2, 0.25) is 0 Å². The molecule has 1 N–H and O–H groups in total. The fourth-order valence-corrected chi connectivity index (χ4v) is 2.85. The third kappa shape index (κ3) is 6.28. The number of urea groups is 1. The monoisotopic (exact) mass is 340 g/mol. The minimum absolute atomic E-state index is 0.0228. The molecule has 0 radical (unpaired) electrons. The zero-order chi connectivity index (χ0) is 17.6. The molecule has 0 aromatic carbocycles. The SMILES string of the molecule is CC(C)(C)CNC(=O)N1CCN(C(=O)CCN2CCOCC2)CC1. The van der Waals surface area contributed by atoms with Crippen LogP contribution < -0.4 is 5.32 Å². The Morgan fingerprint density at radius 3 is 2.12 bits per heavy atom. The lowest BCUT2D eigenvalue weighted by Crippen LogP contribution is -2.54. The van der Waals surface area contributed by atoms with E-state index in [1.807, 2.05) is 4.90 Å². The number of carbonyl (C=O) groups excluding carboxylic acids is 2. The van der Waals surface area contributed by atoms with E-state index in [1.54, 1.807) is 4.90 Å². The Kier molecular flexibility index (Phi) is 6.86. The van der Waals surface area contributed by atoms with Crippen LogP contribution in [0.4, 0.5) is 4.79 Å². The Morgan fingerprint density at radius 1 is 0.958 bits per heavy atom. The molecule has 7 nitrogen and oxygen atoms in total. The molecule has 0 aromatic rings. The molecule has 0 aromatic heterocycles. The number of nitrogens with one attached hydrogen (secondary N) is 1. The third-order valence-corrected chi connectivity index (χ3v) is 4.44. The van der Waals surface area contributed by atoms with Crippen LogP contribution in [0.25, 0.3) is 0 Å². The van der Waals surface area contributed by atoms with Gasteiger partial charge < -0.3 is 19.9 Å².